The molecule has 0 unspecified atom stereocenters. The molecule has 0 spiro atoms. The van der Waals surface area contributed by atoms with Crippen LogP contribution in [0.2, 0.25) is 0 Å². The molecule has 2 amide bonds. The summed E-state index contributed by atoms with van der Waals surface area (Å²) in [6.45, 7) is 0.464. The fourth-order valence-corrected chi connectivity index (χ4v) is 4.79. The molecule has 0 saturated heterocycles. The predicted molar refractivity (Wildman–Crippen MR) is 127 cm³/mol. The van der Waals surface area contributed by atoms with E-state index in [9.17, 15) is 19.5 Å². The van der Waals surface area contributed by atoms with Gasteiger partial charge in [-0.1, -0.05) is 55.0 Å². The molecule has 4 rings (SSSR count). The summed E-state index contributed by atoms with van der Waals surface area (Å²) in [6, 6.07) is 15.3. The molecule has 1 fully saturated rings. The van der Waals surface area contributed by atoms with Gasteiger partial charge in [0.1, 0.15) is 12.6 Å². The molecule has 0 radical (unpaired) electrons. The van der Waals surface area contributed by atoms with Gasteiger partial charge in [0.05, 0.1) is 5.41 Å². The summed E-state index contributed by atoms with van der Waals surface area (Å²) in [5, 5.41) is 14.9. The fraction of sp³-hybridized carbons (Fsp3) is 0.423. The van der Waals surface area contributed by atoms with Crippen molar-refractivity contribution in [2.24, 2.45) is 5.41 Å². The van der Waals surface area contributed by atoms with Crippen LogP contribution in [0.3, 0.4) is 0 Å². The number of fused-ring (bicyclic) bond motifs is 3. The highest BCUT2D eigenvalue weighted by Crippen LogP contribution is 2.44. The molecule has 2 aromatic rings. The van der Waals surface area contributed by atoms with Crippen LogP contribution in [0.15, 0.2) is 48.5 Å². The first-order chi connectivity index (χ1) is 16.3. The Morgan fingerprint density at radius 2 is 1.65 bits per heavy atom. The maximum atomic E-state index is 12.8. The third-order valence-corrected chi connectivity index (χ3v) is 6.87. The van der Waals surface area contributed by atoms with Gasteiger partial charge in [0, 0.05) is 19.0 Å². The first-order valence-corrected chi connectivity index (χ1v) is 11.6. The quantitative estimate of drug-likeness (QED) is 0.526. The minimum atomic E-state index is -0.901. The number of benzene rings is 2. The Balaban J connectivity index is 1.38. The van der Waals surface area contributed by atoms with E-state index in [1.54, 1.807) is 19.0 Å². The summed E-state index contributed by atoms with van der Waals surface area (Å²) in [7, 11) is 3.59. The SMILES string of the molecule is CN(C)C[C@H](NC(=O)OCC1c2ccccc2-c2ccccc21)C(=O)NCC1(C(=O)O)CCC1. The summed E-state index contributed by atoms with van der Waals surface area (Å²) in [5.74, 6) is -1.39. The summed E-state index contributed by atoms with van der Waals surface area (Å²) in [5.41, 5.74) is 3.60. The topological polar surface area (TPSA) is 108 Å². The first-order valence-electron chi connectivity index (χ1n) is 11.6. The first kappa shape index (κ1) is 23.8. The zero-order chi connectivity index (χ0) is 24.3. The van der Waals surface area contributed by atoms with Gasteiger partial charge in [-0.3, -0.25) is 9.59 Å². The van der Waals surface area contributed by atoms with Gasteiger partial charge in [0.15, 0.2) is 0 Å². The smallest absolute Gasteiger partial charge is 0.407 e. The van der Waals surface area contributed by atoms with Gasteiger partial charge in [-0.15, -0.1) is 0 Å². The number of carboxylic acids is 1. The van der Waals surface area contributed by atoms with Gasteiger partial charge in [0.2, 0.25) is 5.91 Å². The molecule has 2 aromatic carbocycles. The second-order valence-electron chi connectivity index (χ2n) is 9.44. The number of hydrogen-bond donors (Lipinski definition) is 3. The molecule has 180 valence electrons. The van der Waals surface area contributed by atoms with Crippen molar-refractivity contribution in [2.75, 3.05) is 33.8 Å². The normalized spacial score (nSPS) is 16.7. The van der Waals surface area contributed by atoms with Crippen molar-refractivity contribution < 1.29 is 24.2 Å². The Kier molecular flexibility index (Phi) is 6.88. The summed E-state index contributed by atoms with van der Waals surface area (Å²) in [6.07, 6.45) is 1.24. The van der Waals surface area contributed by atoms with Crippen LogP contribution in [0.25, 0.3) is 11.1 Å². The number of likely N-dealkylation sites (N-methyl/N-ethyl adjacent to an activating group) is 1. The lowest BCUT2D eigenvalue weighted by atomic mass is 9.69. The van der Waals surface area contributed by atoms with Crippen LogP contribution in [-0.2, 0) is 14.3 Å². The molecule has 2 aliphatic rings. The number of nitrogens with zero attached hydrogens (tertiary/aromatic N) is 1. The number of carbonyl (C=O) groups excluding carboxylic acids is 2. The second-order valence-corrected chi connectivity index (χ2v) is 9.44. The average molecular weight is 466 g/mol. The van der Waals surface area contributed by atoms with E-state index in [2.05, 4.69) is 22.8 Å². The summed E-state index contributed by atoms with van der Waals surface area (Å²) in [4.78, 5) is 38.8. The number of carbonyl (C=O) groups is 3. The van der Waals surface area contributed by atoms with E-state index in [1.807, 2.05) is 36.4 Å². The molecule has 0 aliphatic heterocycles. The number of ether oxygens (including phenoxy) is 1. The van der Waals surface area contributed by atoms with Crippen LogP contribution in [0.4, 0.5) is 4.79 Å². The van der Waals surface area contributed by atoms with Gasteiger partial charge < -0.3 is 25.4 Å². The van der Waals surface area contributed by atoms with Crippen LogP contribution < -0.4 is 10.6 Å². The molecule has 3 N–H and O–H groups in total. The van der Waals surface area contributed by atoms with E-state index in [1.165, 1.54) is 0 Å². The number of aliphatic carboxylic acids is 1. The summed E-state index contributed by atoms with van der Waals surface area (Å²) < 4.78 is 5.58. The molecule has 8 heteroatoms. The van der Waals surface area contributed by atoms with E-state index in [4.69, 9.17) is 4.74 Å². The molecule has 34 heavy (non-hydrogen) atoms. The number of amides is 2. The van der Waals surface area contributed by atoms with E-state index in [-0.39, 0.29) is 25.6 Å². The van der Waals surface area contributed by atoms with Crippen molar-refractivity contribution in [1.29, 1.82) is 0 Å². The molecule has 0 heterocycles. The highest BCUT2D eigenvalue weighted by atomic mass is 16.5. The van der Waals surface area contributed by atoms with E-state index < -0.39 is 29.4 Å². The second kappa shape index (κ2) is 9.85. The van der Waals surface area contributed by atoms with Gasteiger partial charge in [-0.25, -0.2) is 4.79 Å². The van der Waals surface area contributed by atoms with Crippen molar-refractivity contribution in [3.63, 3.8) is 0 Å². The van der Waals surface area contributed by atoms with Crippen molar-refractivity contribution in [1.82, 2.24) is 15.5 Å². The largest absolute Gasteiger partial charge is 0.481 e. The van der Waals surface area contributed by atoms with Crippen LogP contribution in [0, 0.1) is 5.41 Å². The zero-order valence-electron chi connectivity index (χ0n) is 19.5. The third kappa shape index (κ3) is 4.77. The molecular formula is C26H31N3O5. The Morgan fingerprint density at radius 1 is 1.06 bits per heavy atom. The minimum Gasteiger partial charge on any atom is -0.481 e. The van der Waals surface area contributed by atoms with E-state index in [0.29, 0.717) is 12.8 Å². The molecule has 0 aromatic heterocycles. The molecule has 1 atom stereocenters. The van der Waals surface area contributed by atoms with Crippen LogP contribution in [0.5, 0.6) is 0 Å². The lowest BCUT2D eigenvalue weighted by Gasteiger charge is -2.38. The number of hydrogen-bond acceptors (Lipinski definition) is 5. The van der Waals surface area contributed by atoms with Crippen LogP contribution in [-0.4, -0.2) is 67.8 Å². The number of rotatable bonds is 9. The molecule has 8 nitrogen and oxygen atoms in total. The lowest BCUT2D eigenvalue weighted by Crippen LogP contribution is -2.55. The van der Waals surface area contributed by atoms with Crippen molar-refractivity contribution in [2.45, 2.75) is 31.2 Å². The standard InChI is InChI=1S/C26H31N3O5/c1-29(2)14-22(23(30)27-16-26(24(31)32)12-7-13-26)28-25(33)34-15-21-19-10-5-3-8-17(19)18-9-4-6-11-20(18)21/h3-6,8-11,21-22H,7,12-16H2,1-2H3,(H,27,30)(H,28,33)(H,31,32)/t22-/m0/s1. The van der Waals surface area contributed by atoms with Gasteiger partial charge in [-0.2, -0.15) is 0 Å². The summed E-state index contributed by atoms with van der Waals surface area (Å²) >= 11 is 0. The molecule has 1 saturated carbocycles. The van der Waals surface area contributed by atoms with Gasteiger partial charge in [-0.05, 0) is 49.2 Å². The minimum absolute atomic E-state index is 0.0530. The highest BCUT2D eigenvalue weighted by Gasteiger charge is 2.44. The predicted octanol–water partition coefficient (Wildman–Crippen LogP) is 2.83. The van der Waals surface area contributed by atoms with E-state index in [0.717, 1.165) is 28.7 Å². The number of carboxylic acid groups (broad SMARTS) is 1. The Labute approximate surface area is 199 Å². The average Bonchev–Trinajstić information content (AvgIpc) is 3.09. The monoisotopic (exact) mass is 465 g/mol. The van der Waals surface area contributed by atoms with Gasteiger partial charge in [0.25, 0.3) is 0 Å². The van der Waals surface area contributed by atoms with Crippen molar-refractivity contribution >= 4 is 18.0 Å². The number of nitrogens with one attached hydrogen (secondary N) is 2. The van der Waals surface area contributed by atoms with Crippen LogP contribution in [0.1, 0.15) is 36.3 Å². The molecular weight excluding hydrogens is 434 g/mol. The zero-order valence-corrected chi connectivity index (χ0v) is 19.5. The third-order valence-electron chi connectivity index (χ3n) is 6.87. The van der Waals surface area contributed by atoms with E-state index >= 15 is 0 Å². The van der Waals surface area contributed by atoms with Crippen LogP contribution >= 0.6 is 0 Å². The fourth-order valence-electron chi connectivity index (χ4n) is 4.79. The maximum absolute atomic E-state index is 12.8. The highest BCUT2D eigenvalue weighted by molar-refractivity contribution is 5.87. The number of alkyl carbamates (subject to hydrolysis) is 1. The maximum Gasteiger partial charge on any atom is 0.407 e. The van der Waals surface area contributed by atoms with Crippen molar-refractivity contribution in [3.05, 3.63) is 59.7 Å². The Bertz CT molecular complexity index is 1030. The molecule has 2 aliphatic carbocycles. The molecule has 0 bridgehead atoms. The van der Waals surface area contributed by atoms with Crippen molar-refractivity contribution in [3.8, 4) is 11.1 Å². The van der Waals surface area contributed by atoms with Gasteiger partial charge >= 0.3 is 12.1 Å². The lowest BCUT2D eigenvalue weighted by molar-refractivity contribution is -0.154. The Morgan fingerprint density at radius 3 is 2.15 bits per heavy atom. The Hall–Kier alpha value is -3.39.